The number of nitrogens with zero attached hydrogens (tertiary/aromatic N) is 3. The molecule has 8 nitrogen and oxygen atoms in total. The number of nitrogens with one attached hydrogen (secondary N) is 1. The highest BCUT2D eigenvalue weighted by atomic mass is 32.1. The maximum Gasteiger partial charge on any atom is 0.181 e. The second-order valence-electron chi connectivity index (χ2n) is 11.8. The minimum Gasteiger partial charge on any atom is -0.485 e. The number of hydrogen-bond acceptors (Lipinski definition) is 8. The van der Waals surface area contributed by atoms with Crippen molar-refractivity contribution in [3.8, 4) is 5.75 Å². The third-order valence-electron chi connectivity index (χ3n) is 9.24. The summed E-state index contributed by atoms with van der Waals surface area (Å²) >= 11 is 0. The van der Waals surface area contributed by atoms with E-state index in [1.54, 1.807) is 18.5 Å². The summed E-state index contributed by atoms with van der Waals surface area (Å²) in [5, 5.41) is 14.4. The summed E-state index contributed by atoms with van der Waals surface area (Å²) in [4.78, 5) is 23.6. The zero-order valence-corrected chi connectivity index (χ0v) is 24.8. The number of rotatable bonds is 12. The van der Waals surface area contributed by atoms with Gasteiger partial charge < -0.3 is 19.6 Å². The molecule has 0 spiro atoms. The quantitative estimate of drug-likeness (QED) is 0.274. The summed E-state index contributed by atoms with van der Waals surface area (Å²) in [6, 6.07) is 8.30. The molecule has 0 amide bonds. The predicted molar refractivity (Wildman–Crippen MR) is 163 cm³/mol. The molecule has 6 rings (SSSR count). The van der Waals surface area contributed by atoms with Crippen LogP contribution in [0.25, 0.3) is 0 Å². The summed E-state index contributed by atoms with van der Waals surface area (Å²) in [5.74, 6) is 4.05. The van der Waals surface area contributed by atoms with Crippen LogP contribution in [0.1, 0.15) is 77.8 Å². The number of aliphatic hydroxyl groups is 1. The molecule has 0 radical (unpaired) electrons. The Labute approximate surface area is 249 Å². The first-order chi connectivity index (χ1) is 19.5. The van der Waals surface area contributed by atoms with Crippen molar-refractivity contribution in [2.45, 2.75) is 83.6 Å². The number of carbonyl (C=O) groups excluding carboxylic acids is 1. The van der Waals surface area contributed by atoms with Gasteiger partial charge in [0.2, 0.25) is 0 Å². The molecule has 3 aliphatic rings. The van der Waals surface area contributed by atoms with E-state index in [9.17, 15) is 9.90 Å². The fraction of sp³-hybridized carbons (Fsp3) is 0.531. The van der Waals surface area contributed by atoms with Gasteiger partial charge in [-0.1, -0.05) is 25.3 Å². The van der Waals surface area contributed by atoms with Crippen molar-refractivity contribution in [3.63, 3.8) is 0 Å². The largest absolute Gasteiger partial charge is 0.485 e. The highest BCUT2D eigenvalue weighted by molar-refractivity contribution is 7.59. The summed E-state index contributed by atoms with van der Waals surface area (Å²) < 4.78 is 11.2. The molecule has 2 N–H and O–H groups in total. The van der Waals surface area contributed by atoms with Crippen molar-refractivity contribution in [2.75, 3.05) is 18.4 Å². The molecular weight excluding hydrogens is 536 g/mol. The van der Waals surface area contributed by atoms with Crippen LogP contribution in [0.3, 0.4) is 0 Å². The van der Waals surface area contributed by atoms with E-state index in [4.69, 9.17) is 9.15 Å². The van der Waals surface area contributed by atoms with Crippen molar-refractivity contribution in [2.24, 2.45) is 11.8 Å². The number of ketones is 1. The summed E-state index contributed by atoms with van der Waals surface area (Å²) in [6.07, 6.45) is 12.5. The van der Waals surface area contributed by atoms with Gasteiger partial charge in [0.05, 0.1) is 12.3 Å². The van der Waals surface area contributed by atoms with Gasteiger partial charge in [-0.2, -0.15) is 13.5 Å². The number of pyridine rings is 1. The second kappa shape index (κ2) is 13.4. The maximum atomic E-state index is 13.0. The number of hydrogen-bond donors (Lipinski definition) is 2. The van der Waals surface area contributed by atoms with Crippen LogP contribution < -0.4 is 10.1 Å². The van der Waals surface area contributed by atoms with Gasteiger partial charge >= 0.3 is 0 Å². The molecule has 2 unspecified atom stereocenters. The number of aliphatic hydroxyl groups excluding tert-OH is 1. The summed E-state index contributed by atoms with van der Waals surface area (Å²) in [5.41, 5.74) is 4.42. The Hall–Kier alpha value is -2.88. The van der Waals surface area contributed by atoms with E-state index in [1.165, 1.54) is 49.6 Å². The zero-order chi connectivity index (χ0) is 27.5. The number of oxazole rings is 1. The lowest BCUT2D eigenvalue weighted by molar-refractivity contribution is 0.0836. The Balaban J connectivity index is 0.00000337. The van der Waals surface area contributed by atoms with Gasteiger partial charge in [0.1, 0.15) is 18.2 Å². The predicted octanol–water partition coefficient (Wildman–Crippen LogP) is 5.44. The molecule has 41 heavy (non-hydrogen) atoms. The van der Waals surface area contributed by atoms with Gasteiger partial charge in [0, 0.05) is 43.9 Å². The second-order valence-corrected chi connectivity index (χ2v) is 11.8. The average molecular weight is 579 g/mol. The van der Waals surface area contributed by atoms with Crippen molar-refractivity contribution in [1.82, 2.24) is 14.9 Å². The number of Topliss-reactive ketones (excluding diaryl/α,β-unsaturated/α-hetero) is 1. The molecule has 3 atom stereocenters. The molecule has 1 aliphatic heterocycles. The van der Waals surface area contributed by atoms with E-state index in [0.717, 1.165) is 48.5 Å². The molecule has 2 aliphatic carbocycles. The first kappa shape index (κ1) is 29.6. The number of β-amino-alcohol motifs (C(OH)–C–C–N with tert-alkyl or cyclic N) is 1. The Morgan fingerprint density at radius 2 is 2.12 bits per heavy atom. The molecule has 0 saturated heterocycles. The fourth-order valence-corrected chi connectivity index (χ4v) is 6.49. The molecule has 220 valence electrons. The van der Waals surface area contributed by atoms with E-state index >= 15 is 0 Å². The van der Waals surface area contributed by atoms with Crippen LogP contribution in [0.2, 0.25) is 0 Å². The maximum absolute atomic E-state index is 13.0. The van der Waals surface area contributed by atoms with Gasteiger partial charge in [-0.25, -0.2) is 9.97 Å². The van der Waals surface area contributed by atoms with E-state index in [2.05, 4.69) is 33.2 Å². The number of aromatic nitrogens is 2. The topological polar surface area (TPSA) is 101 Å². The first-order valence-corrected chi connectivity index (χ1v) is 14.8. The SMILES string of the molecule is Cc1c(OCc2cnco2)ccc2c1CCN(C[C@@H](O)CCC(=O)c1ccnc(NC3CCC3C3CCC3)c1)C2.S. The molecule has 2 fully saturated rings. The van der Waals surface area contributed by atoms with Gasteiger partial charge in [-0.05, 0) is 79.3 Å². The van der Waals surface area contributed by atoms with E-state index in [-0.39, 0.29) is 19.3 Å². The molecule has 3 heterocycles. The molecular formula is C32H42N4O4S. The van der Waals surface area contributed by atoms with Crippen LogP contribution in [-0.2, 0) is 19.6 Å². The fourth-order valence-electron chi connectivity index (χ4n) is 6.49. The summed E-state index contributed by atoms with van der Waals surface area (Å²) in [7, 11) is 0. The van der Waals surface area contributed by atoms with Crippen molar-refractivity contribution in [3.05, 3.63) is 71.1 Å². The minimum absolute atomic E-state index is 0. The van der Waals surface area contributed by atoms with Crippen LogP contribution >= 0.6 is 13.5 Å². The smallest absolute Gasteiger partial charge is 0.181 e. The van der Waals surface area contributed by atoms with Crippen molar-refractivity contribution >= 4 is 25.1 Å². The minimum atomic E-state index is -0.547. The Kier molecular flexibility index (Phi) is 9.68. The van der Waals surface area contributed by atoms with E-state index in [1.807, 2.05) is 12.1 Å². The number of benzene rings is 1. The normalized spacial score (nSPS) is 21.1. The molecule has 2 aromatic heterocycles. The molecule has 0 bridgehead atoms. The standard InChI is InChI=1S/C32H40N4O4.H2S/c1-21-27-12-14-36(17-24(27)5-10-31(21)39-19-26-16-33-20-40-26)18-25(37)6-9-30(38)23-11-13-34-32(15-23)35-29-8-7-28(29)22-3-2-4-22;/h5,10-11,13,15-16,20,22,25,28-29,37H,2-4,6-9,12,14,17-19H2,1H3,(H,34,35);1H2/t25-,28?,29?;/m0./s1. The summed E-state index contributed by atoms with van der Waals surface area (Å²) in [6.45, 7) is 4.67. The third kappa shape index (κ3) is 6.96. The zero-order valence-electron chi connectivity index (χ0n) is 23.8. The third-order valence-corrected chi connectivity index (χ3v) is 9.24. The molecule has 9 heteroatoms. The monoisotopic (exact) mass is 578 g/mol. The van der Waals surface area contributed by atoms with Crippen LogP contribution in [0.15, 0.2) is 47.5 Å². The van der Waals surface area contributed by atoms with Crippen LogP contribution in [-0.4, -0.2) is 51.0 Å². The van der Waals surface area contributed by atoms with Crippen LogP contribution in [0, 0.1) is 18.8 Å². The highest BCUT2D eigenvalue weighted by Gasteiger charge is 2.39. The number of fused-ring (bicyclic) bond motifs is 1. The van der Waals surface area contributed by atoms with Gasteiger partial charge in [0.25, 0.3) is 0 Å². The highest BCUT2D eigenvalue weighted by Crippen LogP contribution is 2.45. The van der Waals surface area contributed by atoms with Crippen LogP contribution in [0.5, 0.6) is 5.75 Å². The number of ether oxygens (including phenoxy) is 1. The molecule has 3 aromatic rings. The molecule has 2 saturated carbocycles. The van der Waals surface area contributed by atoms with E-state index in [0.29, 0.717) is 43.4 Å². The van der Waals surface area contributed by atoms with Crippen LogP contribution in [0.4, 0.5) is 5.82 Å². The lowest BCUT2D eigenvalue weighted by Crippen LogP contribution is -2.44. The average Bonchev–Trinajstić information content (AvgIpc) is 3.45. The number of carbonyl (C=O) groups is 1. The Morgan fingerprint density at radius 1 is 1.24 bits per heavy atom. The van der Waals surface area contributed by atoms with Crippen molar-refractivity contribution < 1.29 is 19.1 Å². The Morgan fingerprint density at radius 3 is 2.85 bits per heavy atom. The Bertz CT molecular complexity index is 1310. The van der Waals surface area contributed by atoms with Gasteiger partial charge in [0.15, 0.2) is 17.9 Å². The number of anilines is 1. The van der Waals surface area contributed by atoms with Crippen molar-refractivity contribution in [1.29, 1.82) is 0 Å². The van der Waals surface area contributed by atoms with Gasteiger partial charge in [-0.3, -0.25) is 9.69 Å². The lowest BCUT2D eigenvalue weighted by Gasteiger charge is -2.46. The van der Waals surface area contributed by atoms with E-state index < -0.39 is 6.10 Å². The molecule has 1 aromatic carbocycles. The first-order valence-electron chi connectivity index (χ1n) is 14.8. The lowest BCUT2D eigenvalue weighted by atomic mass is 9.64. The van der Waals surface area contributed by atoms with Gasteiger partial charge in [-0.15, -0.1) is 0 Å².